The minimum absolute atomic E-state index is 0.0350. The largest absolute Gasteiger partial charge is 0.506 e. The van der Waals surface area contributed by atoms with Crippen molar-refractivity contribution >= 4 is 5.69 Å². The Morgan fingerprint density at radius 2 is 1.03 bits per heavy atom. The maximum absolute atomic E-state index is 9.86. The van der Waals surface area contributed by atoms with Crippen LogP contribution in [0.4, 0.5) is 5.69 Å². The minimum atomic E-state index is -0.622. The summed E-state index contributed by atoms with van der Waals surface area (Å²) in [5, 5.41) is 9.86. The van der Waals surface area contributed by atoms with Crippen LogP contribution in [0.15, 0.2) is 133 Å². The van der Waals surface area contributed by atoms with Crippen molar-refractivity contribution in [1.82, 2.24) is 0 Å². The molecule has 0 unspecified atom stereocenters. The van der Waals surface area contributed by atoms with Gasteiger partial charge in [0.15, 0.2) is 0 Å². The number of phenols is 1. The molecule has 5 rings (SSSR count). The van der Waals surface area contributed by atoms with Gasteiger partial charge in [0, 0.05) is 11.6 Å². The van der Waals surface area contributed by atoms with Crippen LogP contribution < -0.4 is 10.5 Å². The Morgan fingerprint density at radius 1 is 0.559 bits per heavy atom. The van der Waals surface area contributed by atoms with Crippen molar-refractivity contribution in [3.8, 4) is 17.2 Å². The molecule has 0 atom stereocenters. The van der Waals surface area contributed by atoms with Gasteiger partial charge in [-0.2, -0.15) is 0 Å². The van der Waals surface area contributed by atoms with E-state index in [1.165, 1.54) is 0 Å². The zero-order valence-corrected chi connectivity index (χ0v) is 18.6. The van der Waals surface area contributed by atoms with Crippen molar-refractivity contribution in [2.45, 2.75) is 5.41 Å². The van der Waals surface area contributed by atoms with Crippen molar-refractivity contribution in [3.63, 3.8) is 0 Å². The molecule has 0 aromatic heterocycles. The number of phenolic OH excluding ortho intramolecular Hbond substituents is 1. The van der Waals surface area contributed by atoms with Crippen molar-refractivity contribution in [2.24, 2.45) is 0 Å². The van der Waals surface area contributed by atoms with Crippen LogP contribution in [0.3, 0.4) is 0 Å². The highest BCUT2D eigenvalue weighted by Gasteiger charge is 2.40. The summed E-state index contributed by atoms with van der Waals surface area (Å²) in [6.45, 7) is 0. The fraction of sp³-hybridized carbons (Fsp3) is 0.0323. The first-order chi connectivity index (χ1) is 16.7. The highest BCUT2D eigenvalue weighted by Crippen LogP contribution is 2.49. The van der Waals surface area contributed by atoms with E-state index in [1.54, 1.807) is 18.2 Å². The van der Waals surface area contributed by atoms with Gasteiger partial charge in [0.25, 0.3) is 0 Å². The van der Waals surface area contributed by atoms with E-state index in [1.807, 2.05) is 36.4 Å². The van der Waals surface area contributed by atoms with Gasteiger partial charge in [0.05, 0.1) is 11.1 Å². The molecule has 0 saturated carbocycles. The number of hydrogen-bond donors (Lipinski definition) is 2. The van der Waals surface area contributed by atoms with Gasteiger partial charge in [-0.05, 0) is 34.9 Å². The maximum Gasteiger partial charge on any atom is 0.138 e. The predicted molar refractivity (Wildman–Crippen MR) is 137 cm³/mol. The smallest absolute Gasteiger partial charge is 0.138 e. The summed E-state index contributed by atoms with van der Waals surface area (Å²) >= 11 is 0. The van der Waals surface area contributed by atoms with Crippen LogP contribution in [0.1, 0.15) is 22.3 Å². The first kappa shape index (κ1) is 21.4. The number of nitrogens with two attached hydrogens (primary N) is 1. The predicted octanol–water partition coefficient (Wildman–Crippen LogP) is 7.15. The fourth-order valence-corrected chi connectivity index (χ4v) is 4.62. The highest BCUT2D eigenvalue weighted by atomic mass is 16.5. The Hall–Kier alpha value is -4.50. The highest BCUT2D eigenvalue weighted by molar-refractivity contribution is 5.64. The lowest BCUT2D eigenvalue weighted by Crippen LogP contribution is -2.31. The molecule has 166 valence electrons. The van der Waals surface area contributed by atoms with Crippen molar-refractivity contribution in [1.29, 1.82) is 0 Å². The van der Waals surface area contributed by atoms with E-state index in [-0.39, 0.29) is 11.4 Å². The molecule has 0 radical (unpaired) electrons. The van der Waals surface area contributed by atoms with Gasteiger partial charge >= 0.3 is 0 Å². The monoisotopic (exact) mass is 443 g/mol. The number of hydrogen-bond acceptors (Lipinski definition) is 3. The number of benzene rings is 5. The van der Waals surface area contributed by atoms with Gasteiger partial charge in [0.2, 0.25) is 0 Å². The first-order valence-electron chi connectivity index (χ1n) is 11.2. The average Bonchev–Trinajstić information content (AvgIpc) is 2.90. The molecule has 0 aliphatic rings. The summed E-state index contributed by atoms with van der Waals surface area (Å²) in [6.07, 6.45) is 0. The van der Waals surface area contributed by atoms with Crippen molar-refractivity contribution in [3.05, 3.63) is 156 Å². The Labute approximate surface area is 199 Å². The van der Waals surface area contributed by atoms with Crippen LogP contribution in [0.5, 0.6) is 17.2 Å². The number of rotatable bonds is 6. The summed E-state index contributed by atoms with van der Waals surface area (Å²) in [7, 11) is 0. The molecule has 3 nitrogen and oxygen atoms in total. The zero-order chi connectivity index (χ0) is 23.4. The second-order valence-electron chi connectivity index (χ2n) is 8.17. The molecule has 0 heterocycles. The summed E-state index contributed by atoms with van der Waals surface area (Å²) in [4.78, 5) is 0. The summed E-state index contributed by atoms with van der Waals surface area (Å²) in [5.41, 5.74) is 10.00. The molecular formula is C31H25NO2. The second kappa shape index (κ2) is 9.16. The third-order valence-corrected chi connectivity index (χ3v) is 6.14. The molecule has 5 aromatic carbocycles. The second-order valence-corrected chi connectivity index (χ2v) is 8.17. The van der Waals surface area contributed by atoms with Crippen LogP contribution >= 0.6 is 0 Å². The van der Waals surface area contributed by atoms with Gasteiger partial charge in [-0.1, -0.05) is 109 Å². The molecule has 34 heavy (non-hydrogen) atoms. The molecule has 0 aliphatic heterocycles. The topological polar surface area (TPSA) is 55.5 Å². The number of nitrogen functional groups attached to an aromatic ring is 1. The normalized spacial score (nSPS) is 11.2. The van der Waals surface area contributed by atoms with Crippen molar-refractivity contribution < 1.29 is 9.84 Å². The minimum Gasteiger partial charge on any atom is -0.506 e. The van der Waals surface area contributed by atoms with Gasteiger partial charge < -0.3 is 15.6 Å². The third-order valence-electron chi connectivity index (χ3n) is 6.14. The Balaban J connectivity index is 1.81. The quantitative estimate of drug-likeness (QED) is 0.166. The number of aromatic hydroxyl groups is 1. The van der Waals surface area contributed by atoms with Crippen LogP contribution in [-0.4, -0.2) is 5.11 Å². The maximum atomic E-state index is 9.86. The van der Waals surface area contributed by atoms with E-state index in [4.69, 9.17) is 10.5 Å². The zero-order valence-electron chi connectivity index (χ0n) is 18.6. The summed E-state index contributed by atoms with van der Waals surface area (Å²) < 4.78 is 6.42. The molecule has 0 aliphatic carbocycles. The lowest BCUT2D eigenvalue weighted by Gasteiger charge is -2.37. The van der Waals surface area contributed by atoms with E-state index in [2.05, 4.69) is 78.9 Å². The molecular weight excluding hydrogens is 418 g/mol. The molecule has 3 heteroatoms. The summed E-state index contributed by atoms with van der Waals surface area (Å²) in [6, 6.07) is 44.5. The Morgan fingerprint density at radius 3 is 1.53 bits per heavy atom. The number of anilines is 1. The van der Waals surface area contributed by atoms with Crippen LogP contribution in [0.25, 0.3) is 0 Å². The molecule has 0 saturated heterocycles. The van der Waals surface area contributed by atoms with E-state index >= 15 is 0 Å². The standard InChI is InChI=1S/C31H25NO2/c32-28-22-26(20-21-29(28)33)34-30-19-11-10-18-27(30)31(23-12-4-1-5-13-23,24-14-6-2-7-15-24)25-16-8-3-9-17-25/h1-22,33H,32H2. The SMILES string of the molecule is Nc1cc(Oc2ccccc2C(c2ccccc2)(c2ccccc2)c2ccccc2)ccc1O. The van der Waals surface area contributed by atoms with Gasteiger partial charge in [-0.3, -0.25) is 0 Å². The number of para-hydroxylation sites is 1. The van der Waals surface area contributed by atoms with Gasteiger partial charge in [-0.25, -0.2) is 0 Å². The van der Waals surface area contributed by atoms with E-state index in [0.29, 0.717) is 11.5 Å². The molecule has 3 N–H and O–H groups in total. The van der Waals surface area contributed by atoms with E-state index in [9.17, 15) is 5.11 Å². The van der Waals surface area contributed by atoms with Crippen LogP contribution in [0, 0.1) is 0 Å². The van der Waals surface area contributed by atoms with Crippen molar-refractivity contribution in [2.75, 3.05) is 5.73 Å². The Kier molecular flexibility index (Phi) is 5.75. The van der Waals surface area contributed by atoms with E-state index < -0.39 is 5.41 Å². The Bertz CT molecular complexity index is 1290. The molecule has 0 amide bonds. The number of ether oxygens (including phenoxy) is 1. The van der Waals surface area contributed by atoms with Crippen LogP contribution in [0.2, 0.25) is 0 Å². The van der Waals surface area contributed by atoms with Crippen LogP contribution in [-0.2, 0) is 5.41 Å². The fourth-order valence-electron chi connectivity index (χ4n) is 4.62. The molecule has 0 spiro atoms. The first-order valence-corrected chi connectivity index (χ1v) is 11.2. The molecule has 5 aromatic rings. The van der Waals surface area contributed by atoms with Gasteiger partial charge in [0.1, 0.15) is 17.2 Å². The lowest BCUT2D eigenvalue weighted by atomic mass is 9.65. The van der Waals surface area contributed by atoms with E-state index in [0.717, 1.165) is 22.3 Å². The lowest BCUT2D eigenvalue weighted by molar-refractivity contribution is 0.460. The average molecular weight is 444 g/mol. The summed E-state index contributed by atoms with van der Waals surface area (Å²) in [5.74, 6) is 1.31. The molecule has 0 fully saturated rings. The van der Waals surface area contributed by atoms with Gasteiger partial charge in [-0.15, -0.1) is 0 Å². The molecule has 0 bridgehead atoms. The third kappa shape index (κ3) is 3.78.